The van der Waals surface area contributed by atoms with Gasteiger partial charge in [-0.1, -0.05) is 30.3 Å². The molecule has 4 nitrogen and oxygen atoms in total. The summed E-state index contributed by atoms with van der Waals surface area (Å²) in [6.07, 6.45) is 2.21. The van der Waals surface area contributed by atoms with Gasteiger partial charge in [-0.05, 0) is 30.7 Å². The first-order valence-corrected chi connectivity index (χ1v) is 6.99. The molecule has 3 rings (SSSR count). The quantitative estimate of drug-likeness (QED) is 0.796. The number of hydrogen-bond donors (Lipinski definition) is 1. The predicted molar refractivity (Wildman–Crippen MR) is 84.2 cm³/mol. The van der Waals surface area contributed by atoms with Gasteiger partial charge in [-0.3, -0.25) is 4.79 Å². The topological polar surface area (TPSA) is 46.9 Å². The van der Waals surface area contributed by atoms with Crippen LogP contribution in [0.4, 0.5) is 5.69 Å². The molecule has 0 saturated carbocycles. The molecule has 1 amide bonds. The summed E-state index contributed by atoms with van der Waals surface area (Å²) in [5.41, 5.74) is 3.95. The second kappa shape index (κ2) is 5.79. The molecule has 2 aromatic carbocycles. The summed E-state index contributed by atoms with van der Waals surface area (Å²) in [5, 5.41) is 2.95. The van der Waals surface area contributed by atoms with Gasteiger partial charge in [-0.15, -0.1) is 0 Å². The van der Waals surface area contributed by atoms with Crippen LogP contribution in [0.2, 0.25) is 0 Å². The molecule has 0 atom stereocenters. The standard InChI is InChI=1S/C17H17N3O/c1-13-6-2-3-7-14(13)19-17(21)10-11-20-12-18-15-8-4-5-9-16(15)20/h2-9,12H,10-11H2,1H3,(H,19,21). The third kappa shape index (κ3) is 2.94. The lowest BCUT2D eigenvalue weighted by atomic mass is 10.2. The molecule has 1 heterocycles. The lowest BCUT2D eigenvalue weighted by Crippen LogP contribution is -2.14. The molecule has 21 heavy (non-hydrogen) atoms. The molecule has 0 radical (unpaired) electrons. The molecule has 0 aliphatic rings. The Morgan fingerprint density at radius 1 is 1.14 bits per heavy atom. The highest BCUT2D eigenvalue weighted by Crippen LogP contribution is 2.15. The Bertz CT molecular complexity index is 776. The summed E-state index contributed by atoms with van der Waals surface area (Å²) >= 11 is 0. The minimum Gasteiger partial charge on any atom is -0.330 e. The van der Waals surface area contributed by atoms with Crippen molar-refractivity contribution in [2.24, 2.45) is 0 Å². The number of nitrogens with zero attached hydrogens (tertiary/aromatic N) is 2. The van der Waals surface area contributed by atoms with Crippen molar-refractivity contribution in [1.29, 1.82) is 0 Å². The molecule has 1 N–H and O–H groups in total. The van der Waals surface area contributed by atoms with Crippen LogP contribution in [0.15, 0.2) is 54.9 Å². The number of rotatable bonds is 4. The predicted octanol–water partition coefficient (Wildman–Crippen LogP) is 3.37. The molecule has 0 aliphatic heterocycles. The van der Waals surface area contributed by atoms with Crippen molar-refractivity contribution in [2.75, 3.05) is 5.32 Å². The van der Waals surface area contributed by atoms with Gasteiger partial charge in [0.1, 0.15) is 0 Å². The fraction of sp³-hybridized carbons (Fsp3) is 0.176. The molecular formula is C17H17N3O. The summed E-state index contributed by atoms with van der Waals surface area (Å²) in [6, 6.07) is 15.7. The van der Waals surface area contributed by atoms with E-state index < -0.39 is 0 Å². The van der Waals surface area contributed by atoms with E-state index in [1.165, 1.54) is 0 Å². The van der Waals surface area contributed by atoms with E-state index in [-0.39, 0.29) is 5.91 Å². The van der Waals surface area contributed by atoms with Gasteiger partial charge < -0.3 is 9.88 Å². The average molecular weight is 279 g/mol. The Morgan fingerprint density at radius 2 is 1.90 bits per heavy atom. The van der Waals surface area contributed by atoms with Crippen LogP contribution in [0.25, 0.3) is 11.0 Å². The second-order valence-electron chi connectivity index (χ2n) is 5.04. The number of para-hydroxylation sites is 3. The molecular weight excluding hydrogens is 262 g/mol. The van der Waals surface area contributed by atoms with Crippen LogP contribution in [0.5, 0.6) is 0 Å². The summed E-state index contributed by atoms with van der Waals surface area (Å²) < 4.78 is 2.01. The van der Waals surface area contributed by atoms with Crippen molar-refractivity contribution in [3.63, 3.8) is 0 Å². The molecule has 4 heteroatoms. The molecule has 1 aromatic heterocycles. The van der Waals surface area contributed by atoms with Crippen LogP contribution < -0.4 is 5.32 Å². The van der Waals surface area contributed by atoms with Gasteiger partial charge in [0.2, 0.25) is 5.91 Å². The second-order valence-corrected chi connectivity index (χ2v) is 5.04. The number of hydrogen-bond acceptors (Lipinski definition) is 2. The third-order valence-electron chi connectivity index (χ3n) is 3.53. The fourth-order valence-corrected chi connectivity index (χ4v) is 2.34. The Kier molecular flexibility index (Phi) is 3.69. The molecule has 106 valence electrons. The number of benzene rings is 2. The Morgan fingerprint density at radius 3 is 2.76 bits per heavy atom. The normalized spacial score (nSPS) is 10.7. The van der Waals surface area contributed by atoms with Gasteiger partial charge >= 0.3 is 0 Å². The van der Waals surface area contributed by atoms with Gasteiger partial charge in [0.15, 0.2) is 0 Å². The van der Waals surface area contributed by atoms with E-state index in [4.69, 9.17) is 0 Å². The van der Waals surface area contributed by atoms with Gasteiger partial charge in [-0.2, -0.15) is 0 Å². The number of fused-ring (bicyclic) bond motifs is 1. The summed E-state index contributed by atoms with van der Waals surface area (Å²) in [4.78, 5) is 16.4. The summed E-state index contributed by atoms with van der Waals surface area (Å²) in [5.74, 6) is 0.0158. The number of carbonyl (C=O) groups is 1. The maximum atomic E-state index is 12.1. The number of anilines is 1. The lowest BCUT2D eigenvalue weighted by molar-refractivity contribution is -0.116. The molecule has 0 aliphatic carbocycles. The first kappa shape index (κ1) is 13.4. The Balaban J connectivity index is 1.65. The molecule has 0 bridgehead atoms. The van der Waals surface area contributed by atoms with E-state index in [0.29, 0.717) is 13.0 Å². The monoisotopic (exact) mass is 279 g/mol. The van der Waals surface area contributed by atoms with Crippen LogP contribution in [-0.4, -0.2) is 15.5 Å². The zero-order valence-electron chi connectivity index (χ0n) is 11.9. The van der Waals surface area contributed by atoms with Gasteiger partial charge in [0, 0.05) is 18.7 Å². The lowest BCUT2D eigenvalue weighted by Gasteiger charge is -2.08. The molecule has 3 aromatic rings. The zero-order valence-corrected chi connectivity index (χ0v) is 11.9. The smallest absolute Gasteiger partial charge is 0.226 e. The van der Waals surface area contributed by atoms with Crippen LogP contribution in [0, 0.1) is 6.92 Å². The van der Waals surface area contributed by atoms with E-state index in [1.807, 2.05) is 60.0 Å². The minimum absolute atomic E-state index is 0.0158. The first-order valence-electron chi connectivity index (χ1n) is 6.99. The highest BCUT2D eigenvalue weighted by atomic mass is 16.1. The van der Waals surface area contributed by atoms with E-state index in [0.717, 1.165) is 22.3 Å². The first-order chi connectivity index (χ1) is 10.2. The van der Waals surface area contributed by atoms with E-state index in [2.05, 4.69) is 10.3 Å². The maximum Gasteiger partial charge on any atom is 0.226 e. The number of nitrogens with one attached hydrogen (secondary N) is 1. The number of aryl methyl sites for hydroxylation is 2. The Hall–Kier alpha value is -2.62. The van der Waals surface area contributed by atoms with Crippen molar-refractivity contribution in [3.05, 3.63) is 60.4 Å². The highest BCUT2D eigenvalue weighted by Gasteiger charge is 2.06. The van der Waals surface area contributed by atoms with Crippen molar-refractivity contribution in [3.8, 4) is 0 Å². The van der Waals surface area contributed by atoms with E-state index in [1.54, 1.807) is 6.33 Å². The highest BCUT2D eigenvalue weighted by molar-refractivity contribution is 5.91. The fourth-order valence-electron chi connectivity index (χ4n) is 2.34. The summed E-state index contributed by atoms with van der Waals surface area (Å²) in [7, 11) is 0. The van der Waals surface area contributed by atoms with Crippen molar-refractivity contribution < 1.29 is 4.79 Å². The van der Waals surface area contributed by atoms with Gasteiger partial charge in [0.25, 0.3) is 0 Å². The zero-order chi connectivity index (χ0) is 14.7. The largest absolute Gasteiger partial charge is 0.330 e. The van der Waals surface area contributed by atoms with Crippen LogP contribution in [-0.2, 0) is 11.3 Å². The van der Waals surface area contributed by atoms with Crippen LogP contribution in [0.1, 0.15) is 12.0 Å². The van der Waals surface area contributed by atoms with Gasteiger partial charge in [0.05, 0.1) is 17.4 Å². The van der Waals surface area contributed by atoms with E-state index >= 15 is 0 Å². The van der Waals surface area contributed by atoms with E-state index in [9.17, 15) is 4.79 Å². The summed E-state index contributed by atoms with van der Waals surface area (Å²) in [6.45, 7) is 2.61. The van der Waals surface area contributed by atoms with Crippen molar-refractivity contribution in [1.82, 2.24) is 9.55 Å². The van der Waals surface area contributed by atoms with Crippen molar-refractivity contribution >= 4 is 22.6 Å². The Labute approximate surface area is 123 Å². The maximum absolute atomic E-state index is 12.1. The third-order valence-corrected chi connectivity index (χ3v) is 3.53. The molecule has 0 unspecified atom stereocenters. The molecule has 0 saturated heterocycles. The SMILES string of the molecule is Cc1ccccc1NC(=O)CCn1cnc2ccccc21. The molecule has 0 spiro atoms. The molecule has 0 fully saturated rings. The van der Waals surface area contributed by atoms with Gasteiger partial charge in [-0.25, -0.2) is 4.98 Å². The average Bonchev–Trinajstić information content (AvgIpc) is 2.91. The number of amides is 1. The van der Waals surface area contributed by atoms with Crippen LogP contribution >= 0.6 is 0 Å². The number of aromatic nitrogens is 2. The van der Waals surface area contributed by atoms with Crippen molar-refractivity contribution in [2.45, 2.75) is 19.9 Å². The minimum atomic E-state index is 0.0158. The number of carbonyl (C=O) groups excluding carboxylic acids is 1. The number of imidazole rings is 1. The van der Waals surface area contributed by atoms with Crippen LogP contribution in [0.3, 0.4) is 0 Å².